The van der Waals surface area contributed by atoms with Gasteiger partial charge in [0, 0.05) is 21.9 Å². The van der Waals surface area contributed by atoms with E-state index in [-0.39, 0.29) is 0 Å². The van der Waals surface area contributed by atoms with E-state index >= 15 is 0 Å². The number of benzene rings is 9. The van der Waals surface area contributed by atoms with E-state index in [0.29, 0.717) is 17.5 Å². The summed E-state index contributed by atoms with van der Waals surface area (Å²) in [5, 5.41) is 2.09. The number of para-hydroxylation sites is 2. The molecule has 62 heavy (non-hydrogen) atoms. The average molecular weight is 790 g/mol. The molecule has 0 unspecified atom stereocenters. The molecule has 2 heterocycles. The molecule has 4 nitrogen and oxygen atoms in total. The lowest BCUT2D eigenvalue weighted by atomic mass is 9.66. The zero-order chi connectivity index (χ0) is 40.8. The molecular weight excluding hydrogens is 755 g/mol. The smallest absolute Gasteiger partial charge is 0.167 e. The van der Waals surface area contributed by atoms with Crippen LogP contribution in [0.2, 0.25) is 0 Å². The van der Waals surface area contributed by atoms with E-state index in [0.717, 1.165) is 55.3 Å². The Bertz CT molecular complexity index is 3540. The van der Waals surface area contributed by atoms with Crippen molar-refractivity contribution in [3.8, 4) is 78.7 Å². The Labute approximate surface area is 358 Å². The van der Waals surface area contributed by atoms with Gasteiger partial charge in [-0.05, 0) is 85.0 Å². The lowest BCUT2D eigenvalue weighted by Gasteiger charge is -2.35. The number of nitrogens with zero attached hydrogens (tertiary/aromatic N) is 3. The van der Waals surface area contributed by atoms with E-state index in [1.54, 1.807) is 0 Å². The molecular formula is C58H35N3O. The Kier molecular flexibility index (Phi) is 7.49. The van der Waals surface area contributed by atoms with E-state index < -0.39 is 5.41 Å². The van der Waals surface area contributed by atoms with Crippen LogP contribution in [0.1, 0.15) is 22.3 Å². The number of hydrogen-bond donors (Lipinski definition) is 0. The topological polar surface area (TPSA) is 51.8 Å². The summed E-state index contributed by atoms with van der Waals surface area (Å²) in [5.74, 6) is 1.74. The molecule has 0 fully saturated rings. The van der Waals surface area contributed by atoms with Gasteiger partial charge in [-0.3, -0.25) is 0 Å². The van der Waals surface area contributed by atoms with Gasteiger partial charge in [-0.2, -0.15) is 0 Å². The van der Waals surface area contributed by atoms with Crippen LogP contribution < -0.4 is 0 Å². The summed E-state index contributed by atoms with van der Waals surface area (Å²) in [5.41, 5.74) is 18.3. The molecule has 1 spiro atoms. The second-order valence-electron chi connectivity index (χ2n) is 16.2. The number of fused-ring (bicyclic) bond motifs is 15. The monoisotopic (exact) mass is 789 g/mol. The first-order valence-corrected chi connectivity index (χ1v) is 21.1. The standard InChI is InChI=1S/C58H35N3O/c1-2-15-36(16-3-1)37-29-31-38(32-30-37)55-59-56(61-57(60-55)47-24-14-23-46-45-22-9-13-28-53(45)62-54(46)47)39-33-34-52-48(35-39)41-18-5-4-17-40(41)42-19-6-10-25-49(42)58(52)50-26-11-7-20-43(50)44-21-8-12-27-51(44)58/h1-35H. The minimum atomic E-state index is -0.566. The van der Waals surface area contributed by atoms with Crippen molar-refractivity contribution in [2.45, 2.75) is 5.41 Å². The maximum Gasteiger partial charge on any atom is 0.167 e. The molecule has 288 valence electrons. The molecule has 4 heteroatoms. The minimum absolute atomic E-state index is 0.555. The molecule has 0 saturated carbocycles. The fraction of sp³-hybridized carbons (Fsp3) is 0.0172. The van der Waals surface area contributed by atoms with Crippen LogP contribution in [0.25, 0.3) is 101 Å². The summed E-state index contributed by atoms with van der Waals surface area (Å²) in [4.78, 5) is 15.8. The predicted molar refractivity (Wildman–Crippen MR) is 251 cm³/mol. The Morgan fingerprint density at radius 2 is 0.742 bits per heavy atom. The third-order valence-corrected chi connectivity index (χ3v) is 13.0. The zero-order valence-corrected chi connectivity index (χ0v) is 33.5. The average Bonchev–Trinajstić information content (AvgIpc) is 3.85. The van der Waals surface area contributed by atoms with Crippen molar-refractivity contribution < 1.29 is 4.42 Å². The predicted octanol–water partition coefficient (Wildman–Crippen LogP) is 14.4. The van der Waals surface area contributed by atoms with Crippen molar-refractivity contribution in [3.05, 3.63) is 235 Å². The van der Waals surface area contributed by atoms with Crippen LogP contribution in [0.15, 0.2) is 217 Å². The highest BCUT2D eigenvalue weighted by Gasteiger charge is 2.49. The molecule has 0 bridgehead atoms. The van der Waals surface area contributed by atoms with Crippen molar-refractivity contribution in [2.75, 3.05) is 0 Å². The lowest BCUT2D eigenvalue weighted by molar-refractivity contribution is 0.669. The lowest BCUT2D eigenvalue weighted by Crippen LogP contribution is -2.29. The molecule has 2 aliphatic rings. The summed E-state index contributed by atoms with van der Waals surface area (Å²) in [6.45, 7) is 0. The second-order valence-corrected chi connectivity index (χ2v) is 16.2. The number of furan rings is 1. The van der Waals surface area contributed by atoms with E-state index in [1.165, 1.54) is 50.1 Å². The highest BCUT2D eigenvalue weighted by molar-refractivity contribution is 6.09. The SMILES string of the molecule is c1ccc(-c2ccc(-c3nc(-c4ccc5c(c4)-c4ccccc4-c4ccccc4C54c5ccccc5-c5ccccc54)nc(-c4cccc5c4oc4ccccc45)n3)cc2)cc1. The van der Waals surface area contributed by atoms with Gasteiger partial charge in [-0.25, -0.2) is 15.0 Å². The van der Waals surface area contributed by atoms with E-state index in [4.69, 9.17) is 19.4 Å². The molecule has 2 aromatic heterocycles. The number of rotatable bonds is 4. The van der Waals surface area contributed by atoms with Gasteiger partial charge in [0.05, 0.1) is 11.0 Å². The first-order chi connectivity index (χ1) is 30.7. The van der Waals surface area contributed by atoms with Gasteiger partial charge < -0.3 is 4.42 Å². The Morgan fingerprint density at radius 3 is 1.44 bits per heavy atom. The molecule has 0 N–H and O–H groups in total. The quantitative estimate of drug-likeness (QED) is 0.178. The molecule has 0 amide bonds. The molecule has 0 atom stereocenters. The fourth-order valence-corrected chi connectivity index (χ4v) is 10.3. The van der Waals surface area contributed by atoms with Gasteiger partial charge in [0.2, 0.25) is 0 Å². The van der Waals surface area contributed by atoms with E-state index in [2.05, 4.69) is 188 Å². The maximum atomic E-state index is 6.56. The molecule has 0 aliphatic heterocycles. The van der Waals surface area contributed by atoms with Crippen molar-refractivity contribution in [1.82, 2.24) is 15.0 Å². The molecule has 0 radical (unpaired) electrons. The van der Waals surface area contributed by atoms with Gasteiger partial charge in [0.25, 0.3) is 0 Å². The molecule has 2 aliphatic carbocycles. The first kappa shape index (κ1) is 34.6. The summed E-state index contributed by atoms with van der Waals surface area (Å²) >= 11 is 0. The van der Waals surface area contributed by atoms with Crippen LogP contribution in [0, 0.1) is 0 Å². The Balaban J connectivity index is 1.07. The van der Waals surface area contributed by atoms with E-state index in [1.807, 2.05) is 24.3 Å². The van der Waals surface area contributed by atoms with Crippen molar-refractivity contribution in [1.29, 1.82) is 0 Å². The number of aromatic nitrogens is 3. The van der Waals surface area contributed by atoms with Gasteiger partial charge in [-0.1, -0.05) is 194 Å². The Hall–Kier alpha value is -8.21. The largest absolute Gasteiger partial charge is 0.455 e. The molecule has 11 aromatic rings. The minimum Gasteiger partial charge on any atom is -0.455 e. The van der Waals surface area contributed by atoms with Crippen LogP contribution in [-0.4, -0.2) is 15.0 Å². The van der Waals surface area contributed by atoms with Crippen LogP contribution in [0.4, 0.5) is 0 Å². The summed E-state index contributed by atoms with van der Waals surface area (Å²) in [7, 11) is 0. The van der Waals surface area contributed by atoms with Gasteiger partial charge in [-0.15, -0.1) is 0 Å². The summed E-state index contributed by atoms with van der Waals surface area (Å²) < 4.78 is 6.56. The summed E-state index contributed by atoms with van der Waals surface area (Å²) in [6, 6.07) is 75.9. The van der Waals surface area contributed by atoms with E-state index in [9.17, 15) is 0 Å². The second kappa shape index (κ2) is 13.4. The normalized spacial score (nSPS) is 13.0. The van der Waals surface area contributed by atoms with Crippen molar-refractivity contribution in [2.24, 2.45) is 0 Å². The first-order valence-electron chi connectivity index (χ1n) is 21.1. The van der Waals surface area contributed by atoms with Crippen LogP contribution in [0.3, 0.4) is 0 Å². The fourth-order valence-electron chi connectivity index (χ4n) is 10.3. The molecule has 9 aromatic carbocycles. The molecule has 0 saturated heterocycles. The highest BCUT2D eigenvalue weighted by Crippen LogP contribution is 2.61. The zero-order valence-electron chi connectivity index (χ0n) is 33.5. The van der Waals surface area contributed by atoms with Crippen molar-refractivity contribution in [3.63, 3.8) is 0 Å². The summed E-state index contributed by atoms with van der Waals surface area (Å²) in [6.07, 6.45) is 0. The van der Waals surface area contributed by atoms with Crippen LogP contribution >= 0.6 is 0 Å². The third kappa shape index (κ3) is 4.98. The number of hydrogen-bond acceptors (Lipinski definition) is 4. The van der Waals surface area contributed by atoms with Crippen molar-refractivity contribution >= 4 is 21.9 Å². The van der Waals surface area contributed by atoms with Gasteiger partial charge >= 0.3 is 0 Å². The van der Waals surface area contributed by atoms with Crippen LogP contribution in [0.5, 0.6) is 0 Å². The molecule has 13 rings (SSSR count). The third-order valence-electron chi connectivity index (χ3n) is 13.0. The van der Waals surface area contributed by atoms with Gasteiger partial charge in [0.15, 0.2) is 17.5 Å². The maximum absolute atomic E-state index is 6.56. The Morgan fingerprint density at radius 1 is 0.290 bits per heavy atom. The van der Waals surface area contributed by atoms with Gasteiger partial charge in [0.1, 0.15) is 11.2 Å². The highest BCUT2D eigenvalue weighted by atomic mass is 16.3. The van der Waals surface area contributed by atoms with Crippen LogP contribution in [-0.2, 0) is 5.41 Å².